The first-order valence-corrected chi connectivity index (χ1v) is 6.06. The number of rotatable bonds is 3. The summed E-state index contributed by atoms with van der Waals surface area (Å²) in [6.45, 7) is 1.85. The second-order valence-corrected chi connectivity index (χ2v) is 4.36. The summed E-state index contributed by atoms with van der Waals surface area (Å²) in [7, 11) is 0. The van der Waals surface area contributed by atoms with Crippen molar-refractivity contribution in [1.82, 2.24) is 9.78 Å². The van der Waals surface area contributed by atoms with Gasteiger partial charge >= 0.3 is 0 Å². The molecular weight excluding hydrogens is 259 g/mol. The second-order valence-electron chi connectivity index (χ2n) is 3.59. The van der Waals surface area contributed by atoms with Gasteiger partial charge in [0.25, 0.3) is 0 Å². The molecule has 0 fully saturated rings. The predicted molar refractivity (Wildman–Crippen MR) is 68.9 cm³/mol. The van der Waals surface area contributed by atoms with Gasteiger partial charge in [0.2, 0.25) is 0 Å². The van der Waals surface area contributed by atoms with E-state index in [0.717, 1.165) is 5.69 Å². The third-order valence-electron chi connectivity index (χ3n) is 2.58. The van der Waals surface area contributed by atoms with Crippen molar-refractivity contribution in [2.24, 2.45) is 0 Å². The number of benzene rings is 1. The number of aliphatic hydroxyl groups excluding tert-OH is 1. The van der Waals surface area contributed by atoms with E-state index in [1.807, 2.05) is 25.1 Å². The highest BCUT2D eigenvalue weighted by Crippen LogP contribution is 2.27. The molecule has 17 heavy (non-hydrogen) atoms. The van der Waals surface area contributed by atoms with Gasteiger partial charge in [-0.15, -0.1) is 0 Å². The molecule has 3 nitrogen and oxygen atoms in total. The van der Waals surface area contributed by atoms with Crippen LogP contribution in [0.5, 0.6) is 0 Å². The van der Waals surface area contributed by atoms with Gasteiger partial charge in [0.05, 0.1) is 23.0 Å². The van der Waals surface area contributed by atoms with Crippen molar-refractivity contribution in [3.8, 4) is 5.69 Å². The molecule has 0 saturated heterocycles. The molecule has 0 amide bonds. The Bertz CT molecular complexity index is 537. The quantitative estimate of drug-likeness (QED) is 0.930. The number of hydrogen-bond acceptors (Lipinski definition) is 2. The van der Waals surface area contributed by atoms with E-state index < -0.39 is 0 Å². The molecule has 0 spiro atoms. The van der Waals surface area contributed by atoms with Crippen LogP contribution >= 0.6 is 23.2 Å². The molecule has 1 aromatic heterocycles. The Morgan fingerprint density at radius 3 is 2.53 bits per heavy atom. The van der Waals surface area contributed by atoms with Gasteiger partial charge in [0, 0.05) is 5.56 Å². The van der Waals surface area contributed by atoms with Crippen molar-refractivity contribution >= 4 is 23.2 Å². The number of para-hydroxylation sites is 1. The van der Waals surface area contributed by atoms with Crippen LogP contribution in [0.25, 0.3) is 5.69 Å². The number of halogens is 2. The molecule has 0 atom stereocenters. The number of aromatic nitrogens is 2. The van der Waals surface area contributed by atoms with Gasteiger partial charge in [-0.05, 0) is 18.6 Å². The molecule has 0 bridgehead atoms. The molecule has 1 heterocycles. The summed E-state index contributed by atoms with van der Waals surface area (Å²) in [5, 5.41) is 14.6. The minimum atomic E-state index is -0.119. The highest BCUT2D eigenvalue weighted by atomic mass is 35.5. The van der Waals surface area contributed by atoms with Crippen molar-refractivity contribution < 1.29 is 5.11 Å². The molecule has 5 heteroatoms. The van der Waals surface area contributed by atoms with Crippen LogP contribution in [0.2, 0.25) is 10.2 Å². The Morgan fingerprint density at radius 1 is 1.29 bits per heavy atom. The lowest BCUT2D eigenvalue weighted by Crippen LogP contribution is -1.98. The number of aliphatic hydroxyl groups is 1. The van der Waals surface area contributed by atoms with Crippen LogP contribution in [0, 0.1) is 0 Å². The maximum atomic E-state index is 9.29. The summed E-state index contributed by atoms with van der Waals surface area (Å²) < 4.78 is 1.56. The van der Waals surface area contributed by atoms with Crippen LogP contribution in [0.3, 0.4) is 0 Å². The summed E-state index contributed by atoms with van der Waals surface area (Å²) in [6.07, 6.45) is 0.715. The SMILES string of the molecule is CCc1nn(-c2ccccc2Cl)c(Cl)c1CO. The highest BCUT2D eigenvalue weighted by Gasteiger charge is 2.16. The average Bonchev–Trinajstić information content (AvgIpc) is 2.66. The van der Waals surface area contributed by atoms with E-state index in [4.69, 9.17) is 23.2 Å². The van der Waals surface area contributed by atoms with Crippen molar-refractivity contribution in [3.05, 3.63) is 45.7 Å². The Balaban J connectivity index is 2.61. The maximum Gasteiger partial charge on any atom is 0.138 e. The van der Waals surface area contributed by atoms with E-state index >= 15 is 0 Å². The van der Waals surface area contributed by atoms with Crippen LogP contribution < -0.4 is 0 Å². The minimum Gasteiger partial charge on any atom is -0.391 e. The Morgan fingerprint density at radius 2 is 2.00 bits per heavy atom. The van der Waals surface area contributed by atoms with Crippen LogP contribution in [-0.4, -0.2) is 14.9 Å². The van der Waals surface area contributed by atoms with E-state index in [0.29, 0.717) is 27.8 Å². The van der Waals surface area contributed by atoms with Gasteiger partial charge in [0.15, 0.2) is 0 Å². The predicted octanol–water partition coefficient (Wildman–Crippen LogP) is 3.23. The lowest BCUT2D eigenvalue weighted by Gasteiger charge is -2.05. The molecule has 0 aliphatic rings. The molecule has 90 valence electrons. The average molecular weight is 271 g/mol. The summed E-state index contributed by atoms with van der Waals surface area (Å²) in [6, 6.07) is 7.32. The van der Waals surface area contributed by atoms with Crippen molar-refractivity contribution in [2.75, 3.05) is 0 Å². The van der Waals surface area contributed by atoms with E-state index in [2.05, 4.69) is 5.10 Å². The third kappa shape index (κ3) is 2.18. The molecule has 0 aliphatic heterocycles. The second kappa shape index (κ2) is 5.08. The fourth-order valence-electron chi connectivity index (χ4n) is 1.70. The zero-order chi connectivity index (χ0) is 12.4. The molecule has 1 aromatic carbocycles. The van der Waals surface area contributed by atoms with Crippen molar-refractivity contribution in [3.63, 3.8) is 0 Å². The molecule has 0 saturated carbocycles. The van der Waals surface area contributed by atoms with E-state index in [1.54, 1.807) is 10.7 Å². The zero-order valence-electron chi connectivity index (χ0n) is 9.32. The smallest absolute Gasteiger partial charge is 0.138 e. The fourth-order valence-corrected chi connectivity index (χ4v) is 2.21. The Hall–Kier alpha value is -1.03. The maximum absolute atomic E-state index is 9.29. The molecule has 0 radical (unpaired) electrons. The highest BCUT2D eigenvalue weighted by molar-refractivity contribution is 6.33. The molecule has 1 N–H and O–H groups in total. The van der Waals surface area contributed by atoms with Crippen LogP contribution in [0.1, 0.15) is 18.2 Å². The topological polar surface area (TPSA) is 38.0 Å². The Labute approximate surface area is 110 Å². The standard InChI is InChI=1S/C12H12Cl2N2O/c1-2-10-8(7-17)12(14)16(15-10)11-6-4-3-5-9(11)13/h3-6,17H,2,7H2,1H3. The minimum absolute atomic E-state index is 0.119. The number of aryl methyl sites for hydroxylation is 1. The lowest BCUT2D eigenvalue weighted by atomic mass is 10.2. The number of nitrogens with zero attached hydrogens (tertiary/aromatic N) is 2. The number of hydrogen-bond donors (Lipinski definition) is 1. The Kier molecular flexibility index (Phi) is 3.72. The van der Waals surface area contributed by atoms with Gasteiger partial charge in [-0.25, -0.2) is 4.68 Å². The van der Waals surface area contributed by atoms with Crippen molar-refractivity contribution in [2.45, 2.75) is 20.0 Å². The molecule has 2 aromatic rings. The lowest BCUT2D eigenvalue weighted by molar-refractivity contribution is 0.281. The van der Waals surface area contributed by atoms with E-state index in [9.17, 15) is 5.11 Å². The zero-order valence-corrected chi connectivity index (χ0v) is 10.8. The van der Waals surface area contributed by atoms with Crippen LogP contribution in [0.15, 0.2) is 24.3 Å². The van der Waals surface area contributed by atoms with Gasteiger partial charge in [0.1, 0.15) is 5.15 Å². The first-order valence-electron chi connectivity index (χ1n) is 5.31. The third-order valence-corrected chi connectivity index (χ3v) is 3.29. The first-order chi connectivity index (χ1) is 8.19. The normalized spacial score (nSPS) is 10.8. The fraction of sp³-hybridized carbons (Fsp3) is 0.250. The van der Waals surface area contributed by atoms with Crippen molar-refractivity contribution in [1.29, 1.82) is 0 Å². The largest absolute Gasteiger partial charge is 0.391 e. The summed E-state index contributed by atoms with van der Waals surface area (Å²) in [5.41, 5.74) is 2.17. The monoisotopic (exact) mass is 270 g/mol. The van der Waals surface area contributed by atoms with E-state index in [-0.39, 0.29) is 6.61 Å². The molecule has 0 aliphatic carbocycles. The first kappa shape index (κ1) is 12.4. The van der Waals surface area contributed by atoms with Crippen LogP contribution in [-0.2, 0) is 13.0 Å². The molecule has 2 rings (SSSR count). The molecular formula is C12H12Cl2N2O. The summed E-state index contributed by atoms with van der Waals surface area (Å²) in [5.74, 6) is 0. The van der Waals surface area contributed by atoms with Gasteiger partial charge in [-0.3, -0.25) is 0 Å². The van der Waals surface area contributed by atoms with Gasteiger partial charge < -0.3 is 5.11 Å². The summed E-state index contributed by atoms with van der Waals surface area (Å²) >= 11 is 12.3. The van der Waals surface area contributed by atoms with Gasteiger partial charge in [-0.1, -0.05) is 42.3 Å². The summed E-state index contributed by atoms with van der Waals surface area (Å²) in [4.78, 5) is 0. The molecule has 0 unspecified atom stereocenters. The van der Waals surface area contributed by atoms with Gasteiger partial charge in [-0.2, -0.15) is 5.10 Å². The van der Waals surface area contributed by atoms with Crippen LogP contribution in [0.4, 0.5) is 0 Å². The van der Waals surface area contributed by atoms with E-state index in [1.165, 1.54) is 0 Å².